The van der Waals surface area contributed by atoms with Crippen LogP contribution in [0.1, 0.15) is 61.6 Å². The number of fused-ring (bicyclic) bond motifs is 2. The third-order valence-electron chi connectivity index (χ3n) is 11.5. The molecule has 1 unspecified atom stereocenters. The molecule has 3 fully saturated rings. The number of aromatic amines is 1. The van der Waals surface area contributed by atoms with Crippen molar-refractivity contribution >= 4 is 34.4 Å². The molecule has 9 heteroatoms. The maximum Gasteiger partial charge on any atom is 0.322 e. The normalized spacial score (nSPS) is 21.0. The summed E-state index contributed by atoms with van der Waals surface area (Å²) >= 11 is 0. The van der Waals surface area contributed by atoms with Gasteiger partial charge < -0.3 is 30.3 Å². The lowest BCUT2D eigenvalue weighted by molar-refractivity contribution is -0.143. The average molecular weight is 639 g/mol. The highest BCUT2D eigenvalue weighted by Crippen LogP contribution is 2.32. The number of likely N-dealkylation sites (tertiary alicyclic amines) is 2. The fraction of sp³-hybridized carbons (Fsp3) is 0.553. The summed E-state index contributed by atoms with van der Waals surface area (Å²) in [7, 11) is 0. The van der Waals surface area contributed by atoms with Gasteiger partial charge in [-0.05, 0) is 123 Å². The highest BCUT2D eigenvalue weighted by atomic mass is 16.2. The summed E-state index contributed by atoms with van der Waals surface area (Å²) in [6.45, 7) is 7.79. The Morgan fingerprint density at radius 3 is 2.38 bits per heavy atom. The van der Waals surface area contributed by atoms with Crippen molar-refractivity contribution in [2.24, 2.45) is 17.8 Å². The van der Waals surface area contributed by atoms with Crippen LogP contribution in [0.2, 0.25) is 0 Å². The van der Waals surface area contributed by atoms with E-state index in [2.05, 4.69) is 51.7 Å². The van der Waals surface area contributed by atoms with Gasteiger partial charge in [0.05, 0.1) is 5.92 Å². The number of hydrogen-bond donors (Lipinski definition) is 3. The number of piperidine rings is 3. The van der Waals surface area contributed by atoms with Crippen LogP contribution >= 0.6 is 0 Å². The SMILES string of the molecule is Cc1cc(CC(CC(=O)N2CCC(N3CCc4ccccc4NC3=O)CC2)C(=O)N2CCC(C3CCNCC3)CC2)cc2cc[nH]c12. The van der Waals surface area contributed by atoms with E-state index in [4.69, 9.17) is 0 Å². The maximum atomic E-state index is 14.2. The zero-order valence-corrected chi connectivity index (χ0v) is 27.8. The highest BCUT2D eigenvalue weighted by Gasteiger charge is 2.36. The molecule has 3 N–H and O–H groups in total. The number of benzene rings is 2. The molecule has 3 aromatic rings. The summed E-state index contributed by atoms with van der Waals surface area (Å²) < 4.78 is 0. The number of carbonyl (C=O) groups excluding carboxylic acids is 3. The lowest BCUT2D eigenvalue weighted by Gasteiger charge is -2.40. The van der Waals surface area contributed by atoms with E-state index in [-0.39, 0.29) is 36.2 Å². The number of rotatable bonds is 7. The number of nitrogens with one attached hydrogen (secondary N) is 3. The van der Waals surface area contributed by atoms with Crippen LogP contribution in [0.25, 0.3) is 10.9 Å². The summed E-state index contributed by atoms with van der Waals surface area (Å²) in [6.07, 6.45) is 9.67. The van der Waals surface area contributed by atoms with Crippen LogP contribution < -0.4 is 10.6 Å². The van der Waals surface area contributed by atoms with E-state index in [1.165, 1.54) is 12.8 Å². The predicted molar refractivity (Wildman–Crippen MR) is 185 cm³/mol. The topological polar surface area (TPSA) is 101 Å². The van der Waals surface area contributed by atoms with Crippen LogP contribution in [0.5, 0.6) is 0 Å². The Morgan fingerprint density at radius 1 is 0.872 bits per heavy atom. The first-order valence-electron chi connectivity index (χ1n) is 17.9. The van der Waals surface area contributed by atoms with Crippen molar-refractivity contribution in [1.29, 1.82) is 0 Å². The molecular weight excluding hydrogens is 588 g/mol. The Balaban J connectivity index is 1.00. The van der Waals surface area contributed by atoms with Gasteiger partial charge in [0.15, 0.2) is 0 Å². The third kappa shape index (κ3) is 7.05. The Kier molecular flexibility index (Phi) is 9.52. The molecule has 9 nitrogen and oxygen atoms in total. The fourth-order valence-electron chi connectivity index (χ4n) is 8.75. The molecule has 0 bridgehead atoms. The Bertz CT molecular complexity index is 1580. The largest absolute Gasteiger partial charge is 0.361 e. The number of anilines is 1. The Morgan fingerprint density at radius 2 is 1.60 bits per heavy atom. The number of carbonyl (C=O) groups is 3. The second-order valence-corrected chi connectivity index (χ2v) is 14.4. The molecule has 3 saturated heterocycles. The number of aryl methyl sites for hydroxylation is 1. The minimum Gasteiger partial charge on any atom is -0.361 e. The number of para-hydroxylation sites is 1. The van der Waals surface area contributed by atoms with Gasteiger partial charge in [-0.15, -0.1) is 0 Å². The average Bonchev–Trinajstić information content (AvgIpc) is 3.52. The molecule has 4 aliphatic rings. The van der Waals surface area contributed by atoms with Crippen molar-refractivity contribution in [2.75, 3.05) is 51.1 Å². The molecule has 2 aromatic carbocycles. The minimum atomic E-state index is -0.388. The molecule has 0 radical (unpaired) electrons. The smallest absolute Gasteiger partial charge is 0.322 e. The van der Waals surface area contributed by atoms with Gasteiger partial charge in [-0.2, -0.15) is 0 Å². The van der Waals surface area contributed by atoms with Crippen LogP contribution in [-0.2, 0) is 22.4 Å². The molecule has 1 aromatic heterocycles. The predicted octanol–water partition coefficient (Wildman–Crippen LogP) is 5.34. The van der Waals surface area contributed by atoms with Crippen molar-refractivity contribution in [1.82, 2.24) is 25.0 Å². The first kappa shape index (κ1) is 31.7. The number of H-pyrrole nitrogens is 1. The van der Waals surface area contributed by atoms with Crippen LogP contribution in [0.3, 0.4) is 0 Å². The second-order valence-electron chi connectivity index (χ2n) is 14.4. The lowest BCUT2D eigenvalue weighted by atomic mass is 9.79. The van der Waals surface area contributed by atoms with E-state index in [0.29, 0.717) is 32.0 Å². The van der Waals surface area contributed by atoms with Gasteiger partial charge in [-0.25, -0.2) is 4.79 Å². The molecule has 0 saturated carbocycles. The second kappa shape index (κ2) is 14.1. The molecule has 7 rings (SSSR count). The van der Waals surface area contributed by atoms with Gasteiger partial charge in [0.1, 0.15) is 0 Å². The van der Waals surface area contributed by atoms with E-state index in [9.17, 15) is 14.4 Å². The van der Waals surface area contributed by atoms with Gasteiger partial charge in [0.25, 0.3) is 0 Å². The van der Waals surface area contributed by atoms with Crippen LogP contribution in [0, 0.1) is 24.7 Å². The van der Waals surface area contributed by atoms with Gasteiger partial charge >= 0.3 is 6.03 Å². The number of aromatic nitrogens is 1. The zero-order valence-electron chi connectivity index (χ0n) is 27.8. The fourth-order valence-corrected chi connectivity index (χ4v) is 8.75. The van der Waals surface area contributed by atoms with Crippen LogP contribution in [0.15, 0.2) is 48.7 Å². The van der Waals surface area contributed by atoms with Crippen LogP contribution in [-0.4, -0.2) is 89.4 Å². The summed E-state index contributed by atoms with van der Waals surface area (Å²) in [5.41, 5.74) is 5.44. The Hall–Kier alpha value is -3.85. The standard InChI is InChI=1S/C38H50N6O3/c1-26-22-27(23-31-8-16-40-36(26)31)24-32(37(46)43-17-9-29(10-18-43)28-6-14-39-15-7-28)25-35(45)42-19-12-33(13-20-42)44-21-11-30-4-2-3-5-34(30)41-38(44)47/h2-5,8,16,22-23,28-29,32-33,39-40H,6-7,9-15,17-21,24-25H2,1H3,(H,41,47). The molecule has 47 heavy (non-hydrogen) atoms. The number of nitrogens with zero attached hydrogens (tertiary/aromatic N) is 3. The summed E-state index contributed by atoms with van der Waals surface area (Å²) in [5, 5.41) is 7.71. The van der Waals surface area contributed by atoms with Crippen molar-refractivity contribution in [3.63, 3.8) is 0 Å². The zero-order chi connectivity index (χ0) is 32.3. The molecule has 250 valence electrons. The Labute approximate surface area is 278 Å². The monoisotopic (exact) mass is 638 g/mol. The first-order chi connectivity index (χ1) is 22.9. The minimum absolute atomic E-state index is 0.0519. The van der Waals surface area contributed by atoms with Gasteiger partial charge in [-0.1, -0.05) is 24.3 Å². The number of hydrogen-bond acceptors (Lipinski definition) is 4. The summed E-state index contributed by atoms with van der Waals surface area (Å²) in [5.74, 6) is 1.26. The lowest BCUT2D eigenvalue weighted by Crippen LogP contribution is -2.50. The van der Waals surface area contributed by atoms with Crippen molar-refractivity contribution < 1.29 is 14.4 Å². The summed E-state index contributed by atoms with van der Waals surface area (Å²) in [4.78, 5) is 50.5. The van der Waals surface area contributed by atoms with Crippen molar-refractivity contribution in [3.05, 3.63) is 65.4 Å². The van der Waals surface area contributed by atoms with E-state index >= 15 is 0 Å². The molecule has 5 heterocycles. The molecular formula is C38H50N6O3. The van der Waals surface area contributed by atoms with E-state index in [1.807, 2.05) is 34.2 Å². The van der Waals surface area contributed by atoms with Crippen molar-refractivity contribution in [2.45, 2.75) is 70.8 Å². The third-order valence-corrected chi connectivity index (χ3v) is 11.5. The highest BCUT2D eigenvalue weighted by molar-refractivity contribution is 5.91. The van der Waals surface area contributed by atoms with Crippen LogP contribution in [0.4, 0.5) is 10.5 Å². The van der Waals surface area contributed by atoms with Crippen molar-refractivity contribution in [3.8, 4) is 0 Å². The van der Waals surface area contributed by atoms with Gasteiger partial charge in [-0.3, -0.25) is 9.59 Å². The molecule has 0 aliphatic carbocycles. The quantitative estimate of drug-likeness (QED) is 0.325. The molecule has 4 amide bonds. The summed E-state index contributed by atoms with van der Waals surface area (Å²) in [6, 6.07) is 14.5. The first-order valence-corrected chi connectivity index (χ1v) is 17.9. The van der Waals surface area contributed by atoms with E-state index in [0.717, 1.165) is 97.5 Å². The van der Waals surface area contributed by atoms with Gasteiger partial charge in [0.2, 0.25) is 11.8 Å². The number of urea groups is 1. The molecule has 0 spiro atoms. The molecule has 4 aliphatic heterocycles. The van der Waals surface area contributed by atoms with E-state index in [1.54, 1.807) is 0 Å². The van der Waals surface area contributed by atoms with Gasteiger partial charge in [0, 0.05) is 62.6 Å². The number of amides is 4. The van der Waals surface area contributed by atoms with E-state index < -0.39 is 0 Å². The molecule has 1 atom stereocenters. The maximum absolute atomic E-state index is 14.2.